The number of methoxy groups -OCH3 is 1. The number of rotatable bonds is 8. The summed E-state index contributed by atoms with van der Waals surface area (Å²) in [6.45, 7) is 3.83. The third kappa shape index (κ3) is 5.57. The average Bonchev–Trinajstić information content (AvgIpc) is 2.74. The lowest BCUT2D eigenvalue weighted by Gasteiger charge is -2.08. The van der Waals surface area contributed by atoms with Crippen LogP contribution in [0.15, 0.2) is 47.6 Å². The third-order valence-corrected chi connectivity index (χ3v) is 4.35. The lowest BCUT2D eigenvalue weighted by molar-refractivity contribution is 0.213. The lowest BCUT2D eigenvalue weighted by Crippen LogP contribution is -2.04. The quantitative estimate of drug-likeness (QED) is 0.429. The van der Waals surface area contributed by atoms with E-state index in [1.54, 1.807) is 7.11 Å². The van der Waals surface area contributed by atoms with Crippen LogP contribution in [0.1, 0.15) is 36.1 Å². The van der Waals surface area contributed by atoms with Crippen LogP contribution in [-0.2, 0) is 17.7 Å². The van der Waals surface area contributed by atoms with Crippen molar-refractivity contribution in [2.45, 2.75) is 33.1 Å². The van der Waals surface area contributed by atoms with Gasteiger partial charge in [-0.05, 0) is 57.4 Å². The van der Waals surface area contributed by atoms with E-state index in [9.17, 15) is 0 Å². The molecule has 0 spiro atoms. The lowest BCUT2D eigenvalue weighted by atomic mass is 10.1. The van der Waals surface area contributed by atoms with Crippen molar-refractivity contribution < 1.29 is 9.57 Å². The molecule has 0 radical (unpaired) electrons. The van der Waals surface area contributed by atoms with Gasteiger partial charge in [-0.3, -0.25) is 4.98 Å². The van der Waals surface area contributed by atoms with E-state index in [0.29, 0.717) is 11.7 Å². The second kappa shape index (κ2) is 9.73. The summed E-state index contributed by atoms with van der Waals surface area (Å²) in [5.74, 6) is 1.12. The topological polar surface area (TPSA) is 82.4 Å². The molecule has 0 saturated heterocycles. The van der Waals surface area contributed by atoms with Crippen molar-refractivity contribution in [3.05, 3.63) is 65.2 Å². The van der Waals surface area contributed by atoms with E-state index in [4.69, 9.17) is 9.57 Å². The minimum atomic E-state index is 0.542. The molecule has 0 aliphatic heterocycles. The van der Waals surface area contributed by atoms with E-state index < -0.39 is 0 Å². The smallest absolute Gasteiger partial charge is 0.216 e. The Kier molecular flexibility index (Phi) is 6.84. The molecule has 0 bridgehead atoms. The molecule has 29 heavy (non-hydrogen) atoms. The molecule has 7 heteroatoms. The van der Waals surface area contributed by atoms with Gasteiger partial charge in [0.15, 0.2) is 5.82 Å². The van der Waals surface area contributed by atoms with E-state index in [2.05, 4.69) is 25.1 Å². The molecule has 0 atom stereocenters. The second-order valence-electron chi connectivity index (χ2n) is 6.62. The molecule has 3 aromatic heterocycles. The van der Waals surface area contributed by atoms with Crippen molar-refractivity contribution in [3.8, 4) is 17.4 Å². The Labute approximate surface area is 170 Å². The number of oxime groups is 1. The third-order valence-electron chi connectivity index (χ3n) is 4.35. The van der Waals surface area contributed by atoms with E-state index in [-0.39, 0.29) is 0 Å². The second-order valence-corrected chi connectivity index (χ2v) is 6.62. The molecule has 0 saturated carbocycles. The van der Waals surface area contributed by atoms with Gasteiger partial charge in [0.25, 0.3) is 0 Å². The normalized spacial score (nSPS) is 11.4. The number of pyridine rings is 2. The maximum Gasteiger partial charge on any atom is 0.216 e. The number of ether oxygens (including phenoxy) is 1. The van der Waals surface area contributed by atoms with E-state index in [1.807, 2.05) is 56.3 Å². The highest BCUT2D eigenvalue weighted by Gasteiger charge is 2.09. The van der Waals surface area contributed by atoms with Crippen molar-refractivity contribution in [1.29, 1.82) is 0 Å². The zero-order valence-electron chi connectivity index (χ0n) is 17.2. The highest BCUT2D eigenvalue weighted by molar-refractivity contribution is 5.96. The van der Waals surface area contributed by atoms with Gasteiger partial charge in [-0.1, -0.05) is 17.3 Å². The molecule has 3 rings (SSSR count). The Hall–Kier alpha value is -3.35. The molecule has 0 fully saturated rings. The van der Waals surface area contributed by atoms with E-state index in [1.165, 1.54) is 7.11 Å². The molecule has 0 N–H and O–H groups in total. The maximum atomic E-state index is 5.36. The summed E-state index contributed by atoms with van der Waals surface area (Å²) in [5.41, 5.74) is 5.17. The van der Waals surface area contributed by atoms with Gasteiger partial charge in [0.1, 0.15) is 18.5 Å². The minimum Gasteiger partial charge on any atom is -0.481 e. The predicted octanol–water partition coefficient (Wildman–Crippen LogP) is 3.80. The fourth-order valence-electron chi connectivity index (χ4n) is 2.94. The molecule has 0 aromatic carbocycles. The van der Waals surface area contributed by atoms with Crippen LogP contribution in [0.4, 0.5) is 0 Å². The van der Waals surface area contributed by atoms with Crippen LogP contribution in [0.3, 0.4) is 0 Å². The minimum absolute atomic E-state index is 0.542. The van der Waals surface area contributed by atoms with Crippen molar-refractivity contribution >= 4 is 5.71 Å². The van der Waals surface area contributed by atoms with Gasteiger partial charge < -0.3 is 9.57 Å². The summed E-state index contributed by atoms with van der Waals surface area (Å²) >= 11 is 0. The van der Waals surface area contributed by atoms with Crippen molar-refractivity contribution in [2.75, 3.05) is 14.2 Å². The van der Waals surface area contributed by atoms with Gasteiger partial charge in [0, 0.05) is 23.1 Å². The van der Waals surface area contributed by atoms with Gasteiger partial charge in [0.05, 0.1) is 12.8 Å². The first-order valence-electron chi connectivity index (χ1n) is 9.49. The SMILES string of the molecule is CON=C(C)c1cccc(CCCc2cc(OC)nc(-c3cccc(C)n3)n2)n1. The molecule has 7 nitrogen and oxygen atoms in total. The Morgan fingerprint density at radius 3 is 2.48 bits per heavy atom. The van der Waals surface area contributed by atoms with Crippen LogP contribution in [0.5, 0.6) is 5.88 Å². The van der Waals surface area contributed by atoms with E-state index >= 15 is 0 Å². The molecule has 150 valence electrons. The van der Waals surface area contributed by atoms with Gasteiger partial charge >= 0.3 is 0 Å². The number of aromatic nitrogens is 4. The molecule has 0 aliphatic carbocycles. The first kappa shape index (κ1) is 20.4. The van der Waals surface area contributed by atoms with Crippen LogP contribution in [0, 0.1) is 6.92 Å². The summed E-state index contributed by atoms with van der Waals surface area (Å²) < 4.78 is 5.36. The monoisotopic (exact) mass is 391 g/mol. The fraction of sp³-hybridized carbons (Fsp3) is 0.318. The Balaban J connectivity index is 1.72. The first-order valence-corrected chi connectivity index (χ1v) is 9.49. The fourth-order valence-corrected chi connectivity index (χ4v) is 2.94. The zero-order chi connectivity index (χ0) is 20.6. The Bertz CT molecular complexity index is 1000. The Morgan fingerprint density at radius 2 is 1.72 bits per heavy atom. The van der Waals surface area contributed by atoms with Crippen LogP contribution in [0.25, 0.3) is 11.5 Å². The van der Waals surface area contributed by atoms with Gasteiger partial charge in [-0.25, -0.2) is 9.97 Å². The largest absolute Gasteiger partial charge is 0.481 e. The molecule has 0 aliphatic rings. The maximum absolute atomic E-state index is 5.36. The number of hydrogen-bond acceptors (Lipinski definition) is 7. The molecular formula is C22H25N5O2. The molecule has 0 amide bonds. The summed E-state index contributed by atoms with van der Waals surface area (Å²) in [7, 11) is 3.14. The molecule has 3 aromatic rings. The molecule has 0 unspecified atom stereocenters. The van der Waals surface area contributed by atoms with Gasteiger partial charge in [-0.15, -0.1) is 0 Å². The summed E-state index contributed by atoms with van der Waals surface area (Å²) in [4.78, 5) is 23.1. The highest BCUT2D eigenvalue weighted by Crippen LogP contribution is 2.19. The standard InChI is InChI=1S/C22H25N5O2/c1-15-8-5-13-20(23-15)22-25-18(14-21(26-22)28-3)11-6-9-17-10-7-12-19(24-17)16(2)27-29-4/h5,7-8,10,12-14H,6,9,11H2,1-4H3. The van der Waals surface area contributed by atoms with Gasteiger partial charge in [0.2, 0.25) is 5.88 Å². The van der Waals surface area contributed by atoms with Crippen LogP contribution in [-0.4, -0.2) is 39.9 Å². The average molecular weight is 391 g/mol. The number of aryl methyl sites for hydroxylation is 3. The van der Waals surface area contributed by atoms with Crippen molar-refractivity contribution in [2.24, 2.45) is 5.16 Å². The highest BCUT2D eigenvalue weighted by atomic mass is 16.6. The van der Waals surface area contributed by atoms with Gasteiger partial charge in [-0.2, -0.15) is 4.98 Å². The van der Waals surface area contributed by atoms with Crippen LogP contribution < -0.4 is 4.74 Å². The summed E-state index contributed by atoms with van der Waals surface area (Å²) in [6.07, 6.45) is 2.52. The zero-order valence-corrected chi connectivity index (χ0v) is 17.2. The molecular weight excluding hydrogens is 366 g/mol. The predicted molar refractivity (Wildman–Crippen MR) is 112 cm³/mol. The van der Waals surface area contributed by atoms with Crippen LogP contribution in [0.2, 0.25) is 0 Å². The van der Waals surface area contributed by atoms with Crippen LogP contribution >= 0.6 is 0 Å². The van der Waals surface area contributed by atoms with E-state index in [0.717, 1.165) is 53.4 Å². The number of hydrogen-bond donors (Lipinski definition) is 0. The summed E-state index contributed by atoms with van der Waals surface area (Å²) in [6, 6.07) is 13.6. The summed E-state index contributed by atoms with van der Waals surface area (Å²) in [5, 5.41) is 3.94. The molecule has 3 heterocycles. The van der Waals surface area contributed by atoms with Crippen molar-refractivity contribution in [1.82, 2.24) is 19.9 Å². The number of nitrogens with zero attached hydrogens (tertiary/aromatic N) is 5. The first-order chi connectivity index (χ1) is 14.1. The van der Waals surface area contributed by atoms with Crippen molar-refractivity contribution in [3.63, 3.8) is 0 Å². The Morgan fingerprint density at radius 1 is 0.931 bits per heavy atom.